The number of hydrogen-bond acceptors (Lipinski definition) is 6. The Morgan fingerprint density at radius 1 is 1.42 bits per heavy atom. The van der Waals surface area contributed by atoms with Gasteiger partial charge >= 0.3 is 0 Å². The maximum atomic E-state index is 11.5. The molecule has 0 aliphatic rings. The minimum absolute atomic E-state index is 0.100. The molecule has 1 rings (SSSR count). The highest BCUT2D eigenvalue weighted by atomic mass is 16.5. The van der Waals surface area contributed by atoms with E-state index in [9.17, 15) is 4.79 Å². The average molecular weight is 267 g/mol. The third-order valence-corrected chi connectivity index (χ3v) is 2.41. The largest absolute Gasteiger partial charge is 0.377 e. The molecular formula is C12H21N5O2. The molecule has 0 saturated carbocycles. The second-order valence-corrected chi connectivity index (χ2v) is 4.00. The van der Waals surface area contributed by atoms with Crippen LogP contribution in [-0.4, -0.2) is 42.6 Å². The minimum Gasteiger partial charge on any atom is -0.377 e. The van der Waals surface area contributed by atoms with Crippen molar-refractivity contribution in [2.75, 3.05) is 31.3 Å². The van der Waals surface area contributed by atoms with Gasteiger partial charge in [0.2, 0.25) is 5.91 Å². The molecule has 106 valence electrons. The zero-order chi connectivity index (χ0) is 14.3. The molecule has 1 unspecified atom stereocenters. The highest BCUT2D eigenvalue weighted by Gasteiger charge is 2.12. The van der Waals surface area contributed by atoms with E-state index < -0.39 is 0 Å². The van der Waals surface area contributed by atoms with E-state index in [0.717, 1.165) is 6.54 Å². The summed E-state index contributed by atoms with van der Waals surface area (Å²) in [6, 6.07) is 1.40. The van der Waals surface area contributed by atoms with Gasteiger partial charge in [0, 0.05) is 26.8 Å². The van der Waals surface area contributed by atoms with Crippen LogP contribution < -0.4 is 16.0 Å². The SMILES string of the molecule is CCNc1cc(NC(C)C(=O)NC)nc(COC)n1. The van der Waals surface area contributed by atoms with Gasteiger partial charge in [0.25, 0.3) is 0 Å². The van der Waals surface area contributed by atoms with E-state index in [-0.39, 0.29) is 11.9 Å². The molecule has 0 fully saturated rings. The molecule has 0 spiro atoms. The molecule has 7 nitrogen and oxygen atoms in total. The Balaban J connectivity index is 2.88. The molecule has 0 radical (unpaired) electrons. The fourth-order valence-corrected chi connectivity index (χ4v) is 1.54. The Bertz CT molecular complexity index is 400. The number of ether oxygens (including phenoxy) is 1. The second-order valence-electron chi connectivity index (χ2n) is 4.00. The Morgan fingerprint density at radius 2 is 2.11 bits per heavy atom. The van der Waals surface area contributed by atoms with Gasteiger partial charge in [-0.25, -0.2) is 9.97 Å². The molecule has 0 aromatic carbocycles. The van der Waals surface area contributed by atoms with E-state index in [1.165, 1.54) is 0 Å². The van der Waals surface area contributed by atoms with Gasteiger partial charge in [-0.1, -0.05) is 0 Å². The Hall–Kier alpha value is -1.89. The molecule has 0 saturated heterocycles. The highest BCUT2D eigenvalue weighted by Crippen LogP contribution is 2.13. The van der Waals surface area contributed by atoms with Crippen LogP contribution in [0.3, 0.4) is 0 Å². The summed E-state index contributed by atoms with van der Waals surface area (Å²) in [7, 11) is 3.18. The molecule has 0 aliphatic carbocycles. The number of rotatable bonds is 7. The number of amides is 1. The number of anilines is 2. The predicted octanol–water partition coefficient (Wildman–Crippen LogP) is 0.601. The van der Waals surface area contributed by atoms with Gasteiger partial charge in [0.1, 0.15) is 24.3 Å². The van der Waals surface area contributed by atoms with Crippen molar-refractivity contribution in [2.45, 2.75) is 26.5 Å². The molecule has 1 aromatic rings. The number of carbonyl (C=O) groups is 1. The topological polar surface area (TPSA) is 88.2 Å². The van der Waals surface area contributed by atoms with Gasteiger partial charge in [0.05, 0.1) is 0 Å². The zero-order valence-corrected chi connectivity index (χ0v) is 11.8. The molecule has 1 heterocycles. The summed E-state index contributed by atoms with van der Waals surface area (Å²) < 4.78 is 5.03. The Morgan fingerprint density at radius 3 is 2.68 bits per heavy atom. The first-order valence-corrected chi connectivity index (χ1v) is 6.19. The van der Waals surface area contributed by atoms with Crippen LogP contribution in [0.1, 0.15) is 19.7 Å². The number of hydrogen-bond donors (Lipinski definition) is 3. The molecule has 0 aliphatic heterocycles. The summed E-state index contributed by atoms with van der Waals surface area (Å²) in [6.07, 6.45) is 0. The highest BCUT2D eigenvalue weighted by molar-refractivity contribution is 5.83. The van der Waals surface area contributed by atoms with Crippen molar-refractivity contribution in [1.29, 1.82) is 0 Å². The van der Waals surface area contributed by atoms with Gasteiger partial charge in [-0.15, -0.1) is 0 Å². The molecule has 3 N–H and O–H groups in total. The Labute approximate surface area is 113 Å². The normalized spacial score (nSPS) is 11.8. The number of aromatic nitrogens is 2. The minimum atomic E-state index is -0.371. The van der Waals surface area contributed by atoms with Crippen molar-refractivity contribution in [3.63, 3.8) is 0 Å². The number of nitrogens with zero attached hydrogens (tertiary/aromatic N) is 2. The molecule has 1 aromatic heterocycles. The van der Waals surface area contributed by atoms with Crippen molar-refractivity contribution in [2.24, 2.45) is 0 Å². The quantitative estimate of drug-likeness (QED) is 0.670. The lowest BCUT2D eigenvalue weighted by atomic mass is 10.3. The van der Waals surface area contributed by atoms with E-state index in [1.54, 1.807) is 27.1 Å². The Kier molecular flexibility index (Phi) is 6.01. The van der Waals surface area contributed by atoms with Gasteiger partial charge in [0.15, 0.2) is 5.82 Å². The fourth-order valence-electron chi connectivity index (χ4n) is 1.54. The van der Waals surface area contributed by atoms with E-state index in [1.807, 2.05) is 6.92 Å². The van der Waals surface area contributed by atoms with Crippen molar-refractivity contribution in [3.05, 3.63) is 11.9 Å². The molecule has 1 atom stereocenters. The molecule has 7 heteroatoms. The maximum Gasteiger partial charge on any atom is 0.241 e. The predicted molar refractivity (Wildman–Crippen MR) is 74.1 cm³/mol. The third-order valence-electron chi connectivity index (χ3n) is 2.41. The van der Waals surface area contributed by atoms with E-state index in [4.69, 9.17) is 4.74 Å². The van der Waals surface area contributed by atoms with Crippen molar-refractivity contribution in [3.8, 4) is 0 Å². The van der Waals surface area contributed by atoms with E-state index >= 15 is 0 Å². The van der Waals surface area contributed by atoms with Crippen LogP contribution in [0, 0.1) is 0 Å². The molecular weight excluding hydrogens is 246 g/mol. The number of likely N-dealkylation sites (N-methyl/N-ethyl adjacent to an activating group) is 1. The van der Waals surface area contributed by atoms with Crippen molar-refractivity contribution < 1.29 is 9.53 Å². The van der Waals surface area contributed by atoms with Crippen molar-refractivity contribution >= 4 is 17.5 Å². The zero-order valence-electron chi connectivity index (χ0n) is 11.8. The van der Waals surface area contributed by atoms with Crippen LogP contribution in [0.4, 0.5) is 11.6 Å². The van der Waals surface area contributed by atoms with Gasteiger partial charge < -0.3 is 20.7 Å². The van der Waals surface area contributed by atoms with Crippen molar-refractivity contribution in [1.82, 2.24) is 15.3 Å². The monoisotopic (exact) mass is 267 g/mol. The second kappa shape index (κ2) is 7.52. The summed E-state index contributed by atoms with van der Waals surface area (Å²) in [5.41, 5.74) is 0. The lowest BCUT2D eigenvalue weighted by Crippen LogP contribution is -2.35. The third kappa shape index (κ3) is 4.70. The van der Waals surface area contributed by atoms with Crippen LogP contribution in [0.5, 0.6) is 0 Å². The van der Waals surface area contributed by atoms with Crippen LogP contribution in [-0.2, 0) is 16.1 Å². The standard InChI is InChI=1S/C12H21N5O2/c1-5-14-9-6-10(15-8(2)12(18)13-3)17-11(16-9)7-19-4/h6,8H,5,7H2,1-4H3,(H,13,18)(H2,14,15,16,17). The number of carbonyl (C=O) groups excluding carboxylic acids is 1. The first-order valence-electron chi connectivity index (χ1n) is 6.19. The van der Waals surface area contributed by atoms with Crippen LogP contribution in [0.15, 0.2) is 6.07 Å². The lowest BCUT2D eigenvalue weighted by molar-refractivity contribution is -0.121. The van der Waals surface area contributed by atoms with Gasteiger partial charge in [-0.2, -0.15) is 0 Å². The first-order chi connectivity index (χ1) is 9.10. The summed E-state index contributed by atoms with van der Waals surface area (Å²) in [4.78, 5) is 20.1. The number of nitrogens with one attached hydrogen (secondary N) is 3. The summed E-state index contributed by atoms with van der Waals surface area (Å²) in [6.45, 7) is 4.83. The smallest absolute Gasteiger partial charge is 0.241 e. The van der Waals surface area contributed by atoms with Crippen LogP contribution in [0.25, 0.3) is 0 Å². The van der Waals surface area contributed by atoms with Gasteiger partial charge in [-0.05, 0) is 13.8 Å². The molecule has 1 amide bonds. The van der Waals surface area contributed by atoms with Crippen LogP contribution >= 0.6 is 0 Å². The summed E-state index contributed by atoms with van der Waals surface area (Å²) in [5.74, 6) is 1.76. The summed E-state index contributed by atoms with van der Waals surface area (Å²) >= 11 is 0. The summed E-state index contributed by atoms with van der Waals surface area (Å²) in [5, 5.41) is 8.73. The number of methoxy groups -OCH3 is 1. The maximum absolute atomic E-state index is 11.5. The van der Waals surface area contributed by atoms with E-state index in [0.29, 0.717) is 24.1 Å². The van der Waals surface area contributed by atoms with Gasteiger partial charge in [-0.3, -0.25) is 4.79 Å². The molecule has 19 heavy (non-hydrogen) atoms. The molecule has 0 bridgehead atoms. The fraction of sp³-hybridized carbons (Fsp3) is 0.583. The lowest BCUT2D eigenvalue weighted by Gasteiger charge is -2.14. The van der Waals surface area contributed by atoms with Crippen LogP contribution in [0.2, 0.25) is 0 Å². The van der Waals surface area contributed by atoms with E-state index in [2.05, 4.69) is 25.9 Å². The first kappa shape index (κ1) is 15.2. The average Bonchev–Trinajstić information content (AvgIpc) is 2.38.